The van der Waals surface area contributed by atoms with E-state index < -0.39 is 0 Å². The maximum Gasteiger partial charge on any atom is 0.224 e. The maximum atomic E-state index is 13.1. The van der Waals surface area contributed by atoms with Crippen molar-refractivity contribution < 1.29 is 9.18 Å². The summed E-state index contributed by atoms with van der Waals surface area (Å²) >= 11 is 0. The summed E-state index contributed by atoms with van der Waals surface area (Å²) < 4.78 is 13.1. The summed E-state index contributed by atoms with van der Waals surface area (Å²) in [5.74, 6) is 1.35. The van der Waals surface area contributed by atoms with E-state index in [1.165, 1.54) is 12.1 Å². The lowest BCUT2D eigenvalue weighted by Gasteiger charge is -2.29. The Hall–Kier alpha value is -2.70. The average molecular weight is 400 g/mol. The molecule has 1 amide bonds. The lowest BCUT2D eigenvalue weighted by atomic mass is 9.85. The van der Waals surface area contributed by atoms with Crippen LogP contribution in [0.15, 0.2) is 30.5 Å². The largest absolute Gasteiger partial charge is 0.362 e. The Balaban J connectivity index is 1.50. The second-order valence-electron chi connectivity index (χ2n) is 8.07. The number of amides is 1. The molecule has 1 saturated carbocycles. The predicted octanol–water partition coefficient (Wildman–Crippen LogP) is 3.84. The van der Waals surface area contributed by atoms with Crippen molar-refractivity contribution in [2.45, 2.75) is 51.6 Å². The molecule has 1 aromatic carbocycles. The molecule has 0 bridgehead atoms. The van der Waals surface area contributed by atoms with Crippen molar-refractivity contribution in [1.29, 1.82) is 0 Å². The van der Waals surface area contributed by atoms with Gasteiger partial charge in [0.2, 0.25) is 11.9 Å². The van der Waals surface area contributed by atoms with Crippen molar-refractivity contribution >= 4 is 17.7 Å². The fourth-order valence-corrected chi connectivity index (χ4v) is 3.80. The van der Waals surface area contributed by atoms with E-state index in [1.54, 1.807) is 12.1 Å². The van der Waals surface area contributed by atoms with Gasteiger partial charge in [0.1, 0.15) is 11.6 Å². The standard InChI is InChI=1S/C22H30FN5O/c1-14-13-24-22(27-20(14)28(3)4)26-19-11-7-17(8-12-19)21(29)25-15(2)16-5-9-18(23)10-6-16/h5-6,9-10,13,15,17,19H,7-8,11-12H2,1-4H3,(H,25,29)(H,24,26,27)/t15-,17-,19+/m0/s1. The number of carbonyl (C=O) groups excluding carboxylic acids is 1. The minimum Gasteiger partial charge on any atom is -0.362 e. The summed E-state index contributed by atoms with van der Waals surface area (Å²) in [6, 6.07) is 6.40. The third kappa shape index (κ3) is 5.43. The van der Waals surface area contributed by atoms with E-state index in [4.69, 9.17) is 0 Å². The summed E-state index contributed by atoms with van der Waals surface area (Å²) in [7, 11) is 3.94. The van der Waals surface area contributed by atoms with Crippen LogP contribution in [0.3, 0.4) is 0 Å². The second-order valence-corrected chi connectivity index (χ2v) is 8.07. The third-order valence-electron chi connectivity index (χ3n) is 5.53. The lowest BCUT2D eigenvalue weighted by Crippen LogP contribution is -2.37. The number of hydrogen-bond acceptors (Lipinski definition) is 5. The van der Waals surface area contributed by atoms with Crippen molar-refractivity contribution in [3.05, 3.63) is 47.4 Å². The molecule has 0 spiro atoms. The van der Waals surface area contributed by atoms with E-state index >= 15 is 0 Å². The zero-order chi connectivity index (χ0) is 21.0. The zero-order valence-electron chi connectivity index (χ0n) is 17.6. The molecule has 156 valence electrons. The molecule has 3 rings (SSSR count). The summed E-state index contributed by atoms with van der Waals surface area (Å²) in [4.78, 5) is 23.6. The predicted molar refractivity (Wildman–Crippen MR) is 113 cm³/mol. The van der Waals surface area contributed by atoms with Gasteiger partial charge in [-0.15, -0.1) is 0 Å². The zero-order valence-corrected chi connectivity index (χ0v) is 17.6. The average Bonchev–Trinajstić information content (AvgIpc) is 2.70. The van der Waals surface area contributed by atoms with Crippen LogP contribution in [0, 0.1) is 18.7 Å². The molecule has 1 aliphatic rings. The van der Waals surface area contributed by atoms with Gasteiger partial charge < -0.3 is 15.5 Å². The molecule has 1 heterocycles. The Morgan fingerprint density at radius 2 is 1.83 bits per heavy atom. The Labute approximate surface area is 171 Å². The fraction of sp³-hybridized carbons (Fsp3) is 0.500. The van der Waals surface area contributed by atoms with E-state index in [2.05, 4.69) is 20.6 Å². The summed E-state index contributed by atoms with van der Waals surface area (Å²) in [5.41, 5.74) is 1.94. The molecule has 6 nitrogen and oxygen atoms in total. The molecule has 0 saturated heterocycles. The van der Waals surface area contributed by atoms with Crippen molar-refractivity contribution in [2.75, 3.05) is 24.3 Å². The molecular formula is C22H30FN5O. The monoisotopic (exact) mass is 399 g/mol. The molecule has 1 fully saturated rings. The first-order valence-electron chi connectivity index (χ1n) is 10.2. The first kappa shape index (κ1) is 21.0. The van der Waals surface area contributed by atoms with Gasteiger partial charge in [-0.2, -0.15) is 4.98 Å². The minimum absolute atomic E-state index is 0.00669. The van der Waals surface area contributed by atoms with Crippen LogP contribution in [0.2, 0.25) is 0 Å². The van der Waals surface area contributed by atoms with Gasteiger partial charge in [-0.1, -0.05) is 12.1 Å². The Kier molecular flexibility index (Phi) is 6.67. The van der Waals surface area contributed by atoms with Gasteiger partial charge in [-0.3, -0.25) is 4.79 Å². The number of anilines is 2. The van der Waals surface area contributed by atoms with Crippen LogP contribution in [-0.4, -0.2) is 36.0 Å². The van der Waals surface area contributed by atoms with Gasteiger partial charge >= 0.3 is 0 Å². The molecular weight excluding hydrogens is 369 g/mol. The van der Waals surface area contributed by atoms with Gasteiger partial charge in [-0.25, -0.2) is 9.37 Å². The van der Waals surface area contributed by atoms with Crippen LogP contribution in [0.1, 0.15) is 49.8 Å². The topological polar surface area (TPSA) is 70.1 Å². The van der Waals surface area contributed by atoms with E-state index in [1.807, 2.05) is 39.0 Å². The van der Waals surface area contributed by atoms with Crippen LogP contribution in [0.4, 0.5) is 16.2 Å². The van der Waals surface area contributed by atoms with E-state index in [0.29, 0.717) is 5.95 Å². The highest BCUT2D eigenvalue weighted by atomic mass is 19.1. The normalized spacial score (nSPS) is 20.0. The minimum atomic E-state index is -0.270. The number of hydrogen-bond donors (Lipinski definition) is 2. The van der Waals surface area contributed by atoms with E-state index in [9.17, 15) is 9.18 Å². The maximum absolute atomic E-state index is 13.1. The number of benzene rings is 1. The number of carbonyl (C=O) groups is 1. The highest BCUT2D eigenvalue weighted by molar-refractivity contribution is 5.79. The summed E-state index contributed by atoms with van der Waals surface area (Å²) in [5, 5.41) is 6.48. The molecule has 0 aliphatic heterocycles. The fourth-order valence-electron chi connectivity index (χ4n) is 3.80. The van der Waals surface area contributed by atoms with Crippen LogP contribution in [0.25, 0.3) is 0 Å². The molecule has 7 heteroatoms. The number of halogens is 1. The molecule has 1 atom stereocenters. The van der Waals surface area contributed by atoms with Crippen LogP contribution in [-0.2, 0) is 4.79 Å². The van der Waals surface area contributed by atoms with Gasteiger partial charge in [0.15, 0.2) is 0 Å². The molecule has 2 N–H and O–H groups in total. The Morgan fingerprint density at radius 1 is 1.17 bits per heavy atom. The van der Waals surface area contributed by atoms with Crippen LogP contribution in [0.5, 0.6) is 0 Å². The first-order chi connectivity index (χ1) is 13.8. The molecule has 1 aromatic heterocycles. The summed E-state index contributed by atoms with van der Waals surface area (Å²) in [6.45, 7) is 3.92. The van der Waals surface area contributed by atoms with Crippen molar-refractivity contribution in [1.82, 2.24) is 15.3 Å². The molecule has 0 unspecified atom stereocenters. The van der Waals surface area contributed by atoms with Gasteiger partial charge in [-0.05, 0) is 57.2 Å². The molecule has 0 radical (unpaired) electrons. The van der Waals surface area contributed by atoms with Crippen LogP contribution >= 0.6 is 0 Å². The number of aryl methyl sites for hydroxylation is 1. The van der Waals surface area contributed by atoms with Crippen molar-refractivity contribution in [3.8, 4) is 0 Å². The molecule has 2 aromatic rings. The highest BCUT2D eigenvalue weighted by Crippen LogP contribution is 2.27. The van der Waals surface area contributed by atoms with Crippen molar-refractivity contribution in [2.24, 2.45) is 5.92 Å². The third-order valence-corrected chi connectivity index (χ3v) is 5.53. The number of nitrogens with zero attached hydrogens (tertiary/aromatic N) is 3. The van der Waals surface area contributed by atoms with Gasteiger partial charge in [0.05, 0.1) is 6.04 Å². The van der Waals surface area contributed by atoms with Crippen LogP contribution < -0.4 is 15.5 Å². The Bertz CT molecular complexity index is 832. The second kappa shape index (κ2) is 9.20. The van der Waals surface area contributed by atoms with Gasteiger partial charge in [0.25, 0.3) is 0 Å². The number of rotatable bonds is 6. The van der Waals surface area contributed by atoms with E-state index in [-0.39, 0.29) is 29.7 Å². The quantitative estimate of drug-likeness (QED) is 0.772. The summed E-state index contributed by atoms with van der Waals surface area (Å²) in [6.07, 6.45) is 5.29. The number of nitrogens with one attached hydrogen (secondary N) is 2. The molecule has 29 heavy (non-hydrogen) atoms. The van der Waals surface area contributed by atoms with Gasteiger partial charge in [0, 0.05) is 37.8 Å². The Morgan fingerprint density at radius 3 is 2.45 bits per heavy atom. The SMILES string of the molecule is Cc1cnc(N[C@H]2CC[C@@H](C(=O)N[C@@H](C)c3ccc(F)cc3)CC2)nc1N(C)C. The van der Waals surface area contributed by atoms with Crippen molar-refractivity contribution in [3.63, 3.8) is 0 Å². The smallest absolute Gasteiger partial charge is 0.224 e. The number of aromatic nitrogens is 2. The van der Waals surface area contributed by atoms with E-state index in [0.717, 1.165) is 42.6 Å². The molecule has 1 aliphatic carbocycles. The first-order valence-corrected chi connectivity index (χ1v) is 10.2. The highest BCUT2D eigenvalue weighted by Gasteiger charge is 2.27. The lowest BCUT2D eigenvalue weighted by molar-refractivity contribution is -0.126.